The molecule has 1 unspecified atom stereocenters. The van der Waals surface area contributed by atoms with Crippen molar-refractivity contribution >= 4 is 23.4 Å². The van der Waals surface area contributed by atoms with Gasteiger partial charge in [-0.1, -0.05) is 42.5 Å². The molecule has 0 heterocycles. The van der Waals surface area contributed by atoms with Crippen molar-refractivity contribution in [2.75, 3.05) is 19.0 Å². The molecule has 0 radical (unpaired) electrons. The van der Waals surface area contributed by atoms with E-state index < -0.39 is 6.04 Å². The molecule has 0 saturated heterocycles. The Balaban J connectivity index is 1.85. The van der Waals surface area contributed by atoms with Crippen molar-refractivity contribution in [3.05, 3.63) is 65.7 Å². The molecule has 0 aliphatic heterocycles. The van der Waals surface area contributed by atoms with Crippen molar-refractivity contribution < 1.29 is 9.53 Å². The summed E-state index contributed by atoms with van der Waals surface area (Å²) in [6.07, 6.45) is 0. The van der Waals surface area contributed by atoms with Crippen LogP contribution >= 0.6 is 11.8 Å². The zero-order chi connectivity index (χ0) is 16.5. The number of carbonyl (C=O) groups excluding carboxylic acids is 1. The molecule has 3 N–H and O–H groups in total. The van der Waals surface area contributed by atoms with E-state index in [9.17, 15) is 4.79 Å². The summed E-state index contributed by atoms with van der Waals surface area (Å²) in [5.41, 5.74) is 8.96. The zero-order valence-corrected chi connectivity index (χ0v) is 14.0. The van der Waals surface area contributed by atoms with E-state index in [1.54, 1.807) is 0 Å². The molecule has 23 heavy (non-hydrogen) atoms. The number of carbonyl (C=O) groups is 1. The summed E-state index contributed by atoms with van der Waals surface area (Å²) in [5.74, 6) is 1.62. The van der Waals surface area contributed by atoms with E-state index in [1.165, 1.54) is 18.2 Å². The fourth-order valence-electron chi connectivity index (χ4n) is 2.09. The van der Waals surface area contributed by atoms with Gasteiger partial charge in [0.1, 0.15) is 6.04 Å². The van der Waals surface area contributed by atoms with Gasteiger partial charge in [0.2, 0.25) is 5.91 Å². The van der Waals surface area contributed by atoms with E-state index >= 15 is 0 Å². The van der Waals surface area contributed by atoms with E-state index in [0.29, 0.717) is 0 Å². The maximum absolute atomic E-state index is 11.9. The van der Waals surface area contributed by atoms with Crippen LogP contribution in [-0.2, 0) is 21.0 Å². The molecule has 2 aromatic carbocycles. The molecule has 5 heteroatoms. The monoisotopic (exact) mass is 330 g/mol. The zero-order valence-electron chi connectivity index (χ0n) is 13.2. The number of ether oxygens (including phenoxy) is 1. The highest BCUT2D eigenvalue weighted by atomic mass is 32.2. The van der Waals surface area contributed by atoms with Crippen molar-refractivity contribution in [1.82, 2.24) is 0 Å². The second kappa shape index (κ2) is 9.35. The largest absolute Gasteiger partial charge is 0.383 e. The molecule has 0 saturated carbocycles. The van der Waals surface area contributed by atoms with E-state index in [1.807, 2.05) is 36.0 Å². The average molecular weight is 330 g/mol. The first-order valence-corrected chi connectivity index (χ1v) is 8.60. The molecular weight excluding hydrogens is 308 g/mol. The highest BCUT2D eigenvalue weighted by Gasteiger charge is 2.13. The first-order valence-electron chi connectivity index (χ1n) is 7.45. The number of rotatable bonds is 8. The van der Waals surface area contributed by atoms with Gasteiger partial charge in [0.25, 0.3) is 0 Å². The van der Waals surface area contributed by atoms with Gasteiger partial charge in [-0.25, -0.2) is 0 Å². The van der Waals surface area contributed by atoms with Gasteiger partial charge < -0.3 is 15.8 Å². The normalized spacial score (nSPS) is 11.9. The average Bonchev–Trinajstić information content (AvgIpc) is 2.56. The Kier molecular flexibility index (Phi) is 7.13. The Morgan fingerprint density at radius 2 is 1.83 bits per heavy atom. The Morgan fingerprint density at radius 1 is 1.13 bits per heavy atom. The smallest absolute Gasteiger partial charge is 0.243 e. The first kappa shape index (κ1) is 17.5. The Hall–Kier alpha value is -1.82. The molecule has 0 aromatic heterocycles. The van der Waals surface area contributed by atoms with Gasteiger partial charge >= 0.3 is 0 Å². The molecule has 2 aromatic rings. The summed E-state index contributed by atoms with van der Waals surface area (Å²) in [7, 11) is 1.53. The number of methoxy groups -OCH3 is 1. The van der Waals surface area contributed by atoms with Gasteiger partial charge in [-0.05, 0) is 23.3 Å². The van der Waals surface area contributed by atoms with Crippen molar-refractivity contribution in [3.8, 4) is 0 Å². The molecular formula is C18H22N2O2S. The predicted octanol–water partition coefficient (Wildman–Crippen LogP) is 3.03. The van der Waals surface area contributed by atoms with Crippen LogP contribution in [0.25, 0.3) is 0 Å². The standard InChI is InChI=1S/C18H22N2O2S/c1-22-11-17(19)18(21)20-16-9-5-8-15(10-16)13-23-12-14-6-3-2-4-7-14/h2-10,17H,11-13,19H2,1H3,(H,20,21). The minimum Gasteiger partial charge on any atom is -0.383 e. The van der Waals surface area contributed by atoms with Gasteiger partial charge in [-0.15, -0.1) is 0 Å². The van der Waals surface area contributed by atoms with Gasteiger partial charge in [0, 0.05) is 24.3 Å². The predicted molar refractivity (Wildman–Crippen MR) is 96.4 cm³/mol. The van der Waals surface area contributed by atoms with Crippen LogP contribution < -0.4 is 11.1 Å². The second-order valence-corrected chi connectivity index (χ2v) is 6.22. The Labute approximate surface area is 141 Å². The summed E-state index contributed by atoms with van der Waals surface area (Å²) < 4.78 is 4.89. The van der Waals surface area contributed by atoms with Crippen LogP contribution in [0.15, 0.2) is 54.6 Å². The van der Waals surface area contributed by atoms with Crippen LogP contribution in [0.2, 0.25) is 0 Å². The van der Waals surface area contributed by atoms with Crippen LogP contribution in [-0.4, -0.2) is 25.7 Å². The lowest BCUT2D eigenvalue weighted by Gasteiger charge is -2.12. The second-order valence-electron chi connectivity index (χ2n) is 5.23. The number of nitrogens with one attached hydrogen (secondary N) is 1. The molecule has 0 bridgehead atoms. The highest BCUT2D eigenvalue weighted by Crippen LogP contribution is 2.20. The number of hydrogen-bond acceptors (Lipinski definition) is 4. The van der Waals surface area contributed by atoms with Crippen molar-refractivity contribution in [1.29, 1.82) is 0 Å². The number of thioether (sulfide) groups is 1. The number of hydrogen-bond donors (Lipinski definition) is 2. The maximum atomic E-state index is 11.9. The summed E-state index contributed by atoms with van der Waals surface area (Å²) in [4.78, 5) is 11.9. The van der Waals surface area contributed by atoms with E-state index in [2.05, 4.69) is 35.6 Å². The Morgan fingerprint density at radius 3 is 2.57 bits per heavy atom. The third-order valence-electron chi connectivity index (χ3n) is 3.26. The third kappa shape index (κ3) is 6.06. The fraction of sp³-hybridized carbons (Fsp3) is 0.278. The number of benzene rings is 2. The lowest BCUT2D eigenvalue weighted by molar-refractivity contribution is -0.118. The van der Waals surface area contributed by atoms with Crippen LogP contribution in [0.5, 0.6) is 0 Å². The van der Waals surface area contributed by atoms with Gasteiger partial charge in [0.15, 0.2) is 0 Å². The molecule has 122 valence electrons. The lowest BCUT2D eigenvalue weighted by Crippen LogP contribution is -2.39. The quantitative estimate of drug-likeness (QED) is 0.781. The van der Waals surface area contributed by atoms with Gasteiger partial charge in [0.05, 0.1) is 6.61 Å². The molecule has 0 spiro atoms. The van der Waals surface area contributed by atoms with Crippen molar-refractivity contribution in [3.63, 3.8) is 0 Å². The van der Waals surface area contributed by atoms with Gasteiger partial charge in [-0.3, -0.25) is 4.79 Å². The van der Waals surface area contributed by atoms with Gasteiger partial charge in [-0.2, -0.15) is 11.8 Å². The molecule has 4 nitrogen and oxygen atoms in total. The van der Waals surface area contributed by atoms with Crippen LogP contribution in [0, 0.1) is 0 Å². The van der Waals surface area contributed by atoms with E-state index in [-0.39, 0.29) is 12.5 Å². The van der Waals surface area contributed by atoms with Crippen LogP contribution in [0.3, 0.4) is 0 Å². The minimum atomic E-state index is -0.656. The SMILES string of the molecule is COCC(N)C(=O)Nc1cccc(CSCc2ccccc2)c1. The first-order chi connectivity index (χ1) is 11.2. The molecule has 1 atom stereocenters. The number of anilines is 1. The van der Waals surface area contributed by atoms with Crippen LogP contribution in [0.4, 0.5) is 5.69 Å². The van der Waals surface area contributed by atoms with E-state index in [0.717, 1.165) is 17.2 Å². The summed E-state index contributed by atoms with van der Waals surface area (Å²) in [6.45, 7) is 0.207. The lowest BCUT2D eigenvalue weighted by atomic mass is 10.2. The number of nitrogens with two attached hydrogens (primary N) is 1. The highest BCUT2D eigenvalue weighted by molar-refractivity contribution is 7.97. The Bertz CT molecular complexity index is 619. The molecule has 0 aliphatic carbocycles. The third-order valence-corrected chi connectivity index (χ3v) is 4.33. The van der Waals surface area contributed by atoms with Crippen molar-refractivity contribution in [2.45, 2.75) is 17.5 Å². The minimum absolute atomic E-state index is 0.207. The molecule has 0 aliphatic rings. The molecule has 1 amide bonds. The summed E-state index contributed by atoms with van der Waals surface area (Å²) in [6, 6.07) is 17.6. The molecule has 2 rings (SSSR count). The molecule has 0 fully saturated rings. The van der Waals surface area contributed by atoms with E-state index in [4.69, 9.17) is 10.5 Å². The summed E-state index contributed by atoms with van der Waals surface area (Å²) in [5, 5.41) is 2.82. The van der Waals surface area contributed by atoms with Crippen molar-refractivity contribution in [2.24, 2.45) is 5.73 Å². The topological polar surface area (TPSA) is 64.3 Å². The fourth-order valence-corrected chi connectivity index (χ4v) is 3.04. The maximum Gasteiger partial charge on any atom is 0.243 e. The van der Waals surface area contributed by atoms with Crippen LogP contribution in [0.1, 0.15) is 11.1 Å². The summed E-state index contributed by atoms with van der Waals surface area (Å²) >= 11 is 1.84. The number of amides is 1.